The number of hydrogen-bond acceptors (Lipinski definition) is 5. The SMILES string of the molecule is CCNCCOCCOCCOCCC(C)=O. The summed E-state index contributed by atoms with van der Waals surface area (Å²) in [7, 11) is 0. The lowest BCUT2D eigenvalue weighted by Crippen LogP contribution is -2.20. The Morgan fingerprint density at radius 3 is 2.00 bits per heavy atom. The Labute approximate surface area is 104 Å². The molecule has 0 spiro atoms. The molecular weight excluding hydrogens is 222 g/mol. The predicted molar refractivity (Wildman–Crippen MR) is 66.3 cm³/mol. The van der Waals surface area contributed by atoms with Crippen LogP contribution in [0.2, 0.25) is 0 Å². The smallest absolute Gasteiger partial charge is 0.132 e. The van der Waals surface area contributed by atoms with Gasteiger partial charge in [-0.3, -0.25) is 4.79 Å². The van der Waals surface area contributed by atoms with Gasteiger partial charge in [-0.2, -0.15) is 0 Å². The van der Waals surface area contributed by atoms with Crippen molar-refractivity contribution in [1.29, 1.82) is 0 Å². The van der Waals surface area contributed by atoms with Crippen LogP contribution in [-0.2, 0) is 19.0 Å². The largest absolute Gasteiger partial charge is 0.379 e. The first kappa shape index (κ1) is 16.5. The Kier molecular flexibility index (Phi) is 13.2. The molecule has 17 heavy (non-hydrogen) atoms. The van der Waals surface area contributed by atoms with Crippen LogP contribution in [0.1, 0.15) is 20.3 Å². The van der Waals surface area contributed by atoms with E-state index in [1.807, 2.05) is 0 Å². The maximum absolute atomic E-state index is 10.6. The Morgan fingerprint density at radius 2 is 1.47 bits per heavy atom. The van der Waals surface area contributed by atoms with Gasteiger partial charge >= 0.3 is 0 Å². The van der Waals surface area contributed by atoms with Gasteiger partial charge in [0.15, 0.2) is 0 Å². The second-order valence-corrected chi connectivity index (χ2v) is 3.64. The fourth-order valence-electron chi connectivity index (χ4n) is 1.08. The van der Waals surface area contributed by atoms with Crippen molar-refractivity contribution < 1.29 is 19.0 Å². The van der Waals surface area contributed by atoms with Crippen molar-refractivity contribution in [2.75, 3.05) is 52.7 Å². The maximum Gasteiger partial charge on any atom is 0.132 e. The molecule has 0 heterocycles. The fourth-order valence-corrected chi connectivity index (χ4v) is 1.08. The van der Waals surface area contributed by atoms with E-state index in [1.54, 1.807) is 6.92 Å². The zero-order valence-electron chi connectivity index (χ0n) is 11.0. The highest BCUT2D eigenvalue weighted by atomic mass is 16.5. The van der Waals surface area contributed by atoms with Crippen molar-refractivity contribution in [1.82, 2.24) is 5.32 Å². The number of Topliss-reactive ketones (excluding diaryl/α,β-unsaturated/α-hetero) is 1. The molecule has 0 aromatic rings. The average molecular weight is 247 g/mol. The Balaban J connectivity index is 2.91. The highest BCUT2D eigenvalue weighted by Crippen LogP contribution is 1.85. The van der Waals surface area contributed by atoms with E-state index in [0.29, 0.717) is 46.1 Å². The molecule has 0 aliphatic carbocycles. The van der Waals surface area contributed by atoms with E-state index in [-0.39, 0.29) is 5.78 Å². The first-order valence-corrected chi connectivity index (χ1v) is 6.20. The normalized spacial score (nSPS) is 10.7. The highest BCUT2D eigenvalue weighted by molar-refractivity contribution is 5.75. The van der Waals surface area contributed by atoms with E-state index in [2.05, 4.69) is 12.2 Å². The third kappa shape index (κ3) is 15.5. The second kappa shape index (κ2) is 13.6. The molecular formula is C12H25NO4. The summed E-state index contributed by atoms with van der Waals surface area (Å²) in [4.78, 5) is 10.6. The van der Waals surface area contributed by atoms with Crippen LogP contribution in [-0.4, -0.2) is 58.5 Å². The highest BCUT2D eigenvalue weighted by Gasteiger charge is 1.94. The summed E-state index contributed by atoms with van der Waals surface area (Å²) in [5.74, 6) is 0.153. The van der Waals surface area contributed by atoms with E-state index in [4.69, 9.17) is 14.2 Å². The topological polar surface area (TPSA) is 56.8 Å². The van der Waals surface area contributed by atoms with Crippen LogP contribution in [0.15, 0.2) is 0 Å². The molecule has 5 heteroatoms. The third-order valence-electron chi connectivity index (χ3n) is 2.02. The van der Waals surface area contributed by atoms with Crippen molar-refractivity contribution in [3.63, 3.8) is 0 Å². The van der Waals surface area contributed by atoms with Crippen molar-refractivity contribution in [3.05, 3.63) is 0 Å². The molecule has 0 bridgehead atoms. The number of ketones is 1. The molecule has 0 rings (SSSR count). The molecule has 5 nitrogen and oxygen atoms in total. The summed E-state index contributed by atoms with van der Waals surface area (Å²) in [5, 5.41) is 3.17. The van der Waals surface area contributed by atoms with Crippen molar-refractivity contribution in [2.45, 2.75) is 20.3 Å². The van der Waals surface area contributed by atoms with E-state index in [9.17, 15) is 4.79 Å². The van der Waals surface area contributed by atoms with Crippen LogP contribution in [0.5, 0.6) is 0 Å². The lowest BCUT2D eigenvalue weighted by molar-refractivity contribution is -0.118. The Hall–Kier alpha value is -0.490. The van der Waals surface area contributed by atoms with Gasteiger partial charge in [0.05, 0.1) is 39.6 Å². The Bertz CT molecular complexity index is 176. The zero-order chi connectivity index (χ0) is 12.8. The Morgan fingerprint density at radius 1 is 0.941 bits per heavy atom. The minimum absolute atomic E-state index is 0.153. The second-order valence-electron chi connectivity index (χ2n) is 3.64. The van der Waals surface area contributed by atoms with Gasteiger partial charge in [0.25, 0.3) is 0 Å². The molecule has 0 amide bonds. The standard InChI is InChI=1S/C12H25NO4/c1-3-13-5-7-16-9-11-17-10-8-15-6-4-12(2)14/h13H,3-11H2,1-2H3. The summed E-state index contributed by atoms with van der Waals surface area (Å²) < 4.78 is 15.8. The number of nitrogens with one attached hydrogen (secondary N) is 1. The number of carbonyl (C=O) groups is 1. The van der Waals surface area contributed by atoms with Gasteiger partial charge in [0.1, 0.15) is 5.78 Å². The van der Waals surface area contributed by atoms with Crippen molar-refractivity contribution in [2.24, 2.45) is 0 Å². The quantitative estimate of drug-likeness (QED) is 0.484. The monoisotopic (exact) mass is 247 g/mol. The molecule has 0 unspecified atom stereocenters. The van der Waals surface area contributed by atoms with Gasteiger partial charge in [0, 0.05) is 13.0 Å². The molecule has 0 aromatic carbocycles. The number of hydrogen-bond donors (Lipinski definition) is 1. The molecule has 0 saturated carbocycles. The molecule has 0 aromatic heterocycles. The van der Waals surface area contributed by atoms with Crippen molar-refractivity contribution in [3.8, 4) is 0 Å². The minimum atomic E-state index is 0.153. The summed E-state index contributed by atoms with van der Waals surface area (Å²) >= 11 is 0. The molecule has 102 valence electrons. The number of likely N-dealkylation sites (N-methyl/N-ethyl adjacent to an activating group) is 1. The van der Waals surface area contributed by atoms with Gasteiger partial charge in [-0.1, -0.05) is 6.92 Å². The van der Waals surface area contributed by atoms with Gasteiger partial charge in [-0.15, -0.1) is 0 Å². The van der Waals surface area contributed by atoms with E-state index < -0.39 is 0 Å². The van der Waals surface area contributed by atoms with E-state index in [0.717, 1.165) is 13.1 Å². The van der Waals surface area contributed by atoms with Crippen LogP contribution in [0.3, 0.4) is 0 Å². The van der Waals surface area contributed by atoms with Crippen LogP contribution in [0.4, 0.5) is 0 Å². The number of rotatable bonds is 13. The molecule has 0 fully saturated rings. The molecule has 1 N–H and O–H groups in total. The van der Waals surface area contributed by atoms with Crippen LogP contribution in [0.25, 0.3) is 0 Å². The van der Waals surface area contributed by atoms with E-state index >= 15 is 0 Å². The lowest BCUT2D eigenvalue weighted by Gasteiger charge is -2.06. The summed E-state index contributed by atoms with van der Waals surface area (Å²) in [6.07, 6.45) is 0.480. The van der Waals surface area contributed by atoms with Crippen LogP contribution < -0.4 is 5.32 Å². The molecule has 0 radical (unpaired) electrons. The molecule has 0 aliphatic heterocycles. The molecule has 0 aliphatic rings. The third-order valence-corrected chi connectivity index (χ3v) is 2.02. The summed E-state index contributed by atoms with van der Waals surface area (Å²) in [6, 6.07) is 0. The maximum atomic E-state index is 10.6. The van der Waals surface area contributed by atoms with Gasteiger partial charge in [-0.25, -0.2) is 0 Å². The first-order valence-electron chi connectivity index (χ1n) is 6.20. The van der Waals surface area contributed by atoms with Crippen molar-refractivity contribution >= 4 is 5.78 Å². The summed E-state index contributed by atoms with van der Waals surface area (Å²) in [5.41, 5.74) is 0. The van der Waals surface area contributed by atoms with Gasteiger partial charge < -0.3 is 19.5 Å². The zero-order valence-corrected chi connectivity index (χ0v) is 11.0. The molecule has 0 atom stereocenters. The summed E-state index contributed by atoms with van der Waals surface area (Å²) in [6.45, 7) is 8.95. The fraction of sp³-hybridized carbons (Fsp3) is 0.917. The minimum Gasteiger partial charge on any atom is -0.379 e. The molecule has 0 saturated heterocycles. The average Bonchev–Trinajstić information content (AvgIpc) is 2.30. The van der Waals surface area contributed by atoms with Gasteiger partial charge in [0.2, 0.25) is 0 Å². The number of carbonyl (C=O) groups excluding carboxylic acids is 1. The number of ether oxygens (including phenoxy) is 3. The first-order chi connectivity index (χ1) is 8.27. The predicted octanol–water partition coefficient (Wildman–Crippen LogP) is 0.625. The van der Waals surface area contributed by atoms with Crippen LogP contribution >= 0.6 is 0 Å². The van der Waals surface area contributed by atoms with E-state index in [1.165, 1.54) is 0 Å². The lowest BCUT2D eigenvalue weighted by atomic mass is 10.3. The van der Waals surface area contributed by atoms with Crippen LogP contribution in [0, 0.1) is 0 Å². The van der Waals surface area contributed by atoms with Gasteiger partial charge in [-0.05, 0) is 13.5 Å².